The lowest BCUT2D eigenvalue weighted by Gasteiger charge is -2.25. The van der Waals surface area contributed by atoms with Crippen LogP contribution in [0.1, 0.15) is 38.7 Å². The Bertz CT molecular complexity index is 901. The Morgan fingerprint density at radius 3 is 2.50 bits per heavy atom. The number of carbonyl (C=O) groups excluding carboxylic acids is 3. The van der Waals surface area contributed by atoms with Crippen LogP contribution < -0.4 is 0 Å². The van der Waals surface area contributed by atoms with E-state index in [4.69, 9.17) is 14.2 Å². The molecule has 0 N–H and O–H groups in total. The lowest BCUT2D eigenvalue weighted by atomic mass is 9.88. The highest BCUT2D eigenvalue weighted by Crippen LogP contribution is 2.55. The molecule has 30 heavy (non-hydrogen) atoms. The Morgan fingerprint density at radius 1 is 1.20 bits per heavy atom. The monoisotopic (exact) mass is 410 g/mol. The molecule has 4 fully saturated rings. The lowest BCUT2D eigenvalue weighted by Crippen LogP contribution is -2.36. The van der Waals surface area contributed by atoms with E-state index in [0.29, 0.717) is 23.5 Å². The first-order chi connectivity index (χ1) is 14.2. The fourth-order valence-electron chi connectivity index (χ4n) is 5.03. The fourth-order valence-corrected chi connectivity index (χ4v) is 5.03. The number of carbonyl (C=O) groups is 3. The normalized spacial score (nSPS) is 35.4. The summed E-state index contributed by atoms with van der Waals surface area (Å²) in [5.41, 5.74) is 1.45. The topological polar surface area (TPSA) is 78.9 Å². The average molecular weight is 410 g/mol. The summed E-state index contributed by atoms with van der Waals surface area (Å²) in [4.78, 5) is 34.2. The minimum atomic E-state index is -0.518. The third-order valence-electron chi connectivity index (χ3n) is 6.55. The molecule has 0 spiro atoms. The summed E-state index contributed by atoms with van der Waals surface area (Å²) < 4.78 is 16.0. The van der Waals surface area contributed by atoms with Gasteiger partial charge in [0.25, 0.3) is 0 Å². The van der Waals surface area contributed by atoms with Gasteiger partial charge in [-0.1, -0.05) is 43.5 Å². The van der Waals surface area contributed by atoms with E-state index in [2.05, 4.69) is 13.2 Å². The van der Waals surface area contributed by atoms with Crippen LogP contribution in [0.25, 0.3) is 0 Å². The van der Waals surface area contributed by atoms with Gasteiger partial charge in [0.1, 0.15) is 17.8 Å². The first-order valence-corrected chi connectivity index (χ1v) is 10.2. The second-order valence-corrected chi connectivity index (χ2v) is 8.82. The minimum Gasteiger partial charge on any atom is -0.458 e. The number of hydrogen-bond donors (Lipinski definition) is 0. The highest BCUT2D eigenvalue weighted by atomic mass is 16.6. The molecule has 4 aliphatic rings. The van der Waals surface area contributed by atoms with Gasteiger partial charge in [-0.2, -0.15) is 0 Å². The second-order valence-electron chi connectivity index (χ2n) is 8.82. The van der Waals surface area contributed by atoms with Crippen molar-refractivity contribution in [2.45, 2.75) is 50.9 Å². The highest BCUT2D eigenvalue weighted by Gasteiger charge is 2.63. The Labute approximate surface area is 175 Å². The zero-order valence-electron chi connectivity index (χ0n) is 17.3. The van der Waals surface area contributed by atoms with Crippen molar-refractivity contribution >= 4 is 17.9 Å². The standard InChI is InChI=1S/C12H14O4.C12H12O2/c1-5(2)11(13)15-9-6-3-7-8(4-6)12(14)16-10(7)9;1-9-8-12(2,14-11(9)13)10-6-4-3-5-7-10/h6-10H,1,3-4H2,2H3;3-7H,1,8H2,2H3. The number of ether oxygens (including phenoxy) is 3. The molecule has 6 heteroatoms. The minimum absolute atomic E-state index is 0.0646. The predicted molar refractivity (Wildman–Crippen MR) is 108 cm³/mol. The lowest BCUT2D eigenvalue weighted by molar-refractivity contribution is -0.158. The van der Waals surface area contributed by atoms with Crippen molar-refractivity contribution in [3.63, 3.8) is 0 Å². The molecule has 5 rings (SSSR count). The molecule has 6 nitrogen and oxygen atoms in total. The van der Waals surface area contributed by atoms with Crippen molar-refractivity contribution in [1.29, 1.82) is 0 Å². The van der Waals surface area contributed by atoms with Crippen molar-refractivity contribution in [3.05, 3.63) is 60.2 Å². The van der Waals surface area contributed by atoms with Gasteiger partial charge in [-0.05, 0) is 32.3 Å². The Morgan fingerprint density at radius 2 is 1.90 bits per heavy atom. The average Bonchev–Trinajstić information content (AvgIpc) is 3.40. The predicted octanol–water partition coefficient (Wildman–Crippen LogP) is 3.46. The van der Waals surface area contributed by atoms with E-state index in [9.17, 15) is 14.4 Å². The molecule has 2 saturated heterocycles. The number of cyclic esters (lactones) is 1. The molecule has 2 saturated carbocycles. The molecule has 2 bridgehead atoms. The van der Waals surface area contributed by atoms with Crippen LogP contribution in [0.3, 0.4) is 0 Å². The largest absolute Gasteiger partial charge is 0.458 e. The van der Waals surface area contributed by atoms with E-state index < -0.39 is 5.60 Å². The van der Waals surface area contributed by atoms with Gasteiger partial charge in [0.15, 0.2) is 0 Å². The maximum atomic E-state index is 11.5. The van der Waals surface area contributed by atoms with Crippen LogP contribution in [0.2, 0.25) is 0 Å². The summed E-state index contributed by atoms with van der Waals surface area (Å²) in [6.45, 7) is 10.8. The van der Waals surface area contributed by atoms with Crippen LogP contribution in [0, 0.1) is 17.8 Å². The summed E-state index contributed by atoms with van der Waals surface area (Å²) in [6, 6.07) is 9.75. The molecule has 6 atom stereocenters. The van der Waals surface area contributed by atoms with Gasteiger partial charge in [-0.3, -0.25) is 4.79 Å². The van der Waals surface area contributed by atoms with Gasteiger partial charge in [0, 0.05) is 29.4 Å². The Hall–Kier alpha value is -2.89. The molecular formula is C24H26O6. The smallest absolute Gasteiger partial charge is 0.334 e. The Balaban J connectivity index is 0.000000147. The second kappa shape index (κ2) is 7.42. The SMILES string of the molecule is C=C(C)C(=O)OC1C2CC3C(=O)OC1C3C2.C=C1CC(C)(c2ccccc2)OC1=O. The summed E-state index contributed by atoms with van der Waals surface area (Å²) in [5, 5.41) is 0. The summed E-state index contributed by atoms with van der Waals surface area (Å²) in [7, 11) is 0. The summed E-state index contributed by atoms with van der Waals surface area (Å²) in [5.74, 6) is -0.121. The van der Waals surface area contributed by atoms with Crippen LogP contribution in [-0.2, 0) is 34.2 Å². The molecular weight excluding hydrogens is 384 g/mol. The quantitative estimate of drug-likeness (QED) is 0.431. The Kier molecular flexibility index (Phi) is 5.04. The zero-order chi connectivity index (χ0) is 21.6. The van der Waals surface area contributed by atoms with Crippen LogP contribution in [0.5, 0.6) is 0 Å². The van der Waals surface area contributed by atoms with Gasteiger partial charge >= 0.3 is 17.9 Å². The highest BCUT2D eigenvalue weighted by molar-refractivity contribution is 5.90. The van der Waals surface area contributed by atoms with Crippen molar-refractivity contribution in [2.75, 3.05) is 0 Å². The molecule has 1 aromatic carbocycles. The van der Waals surface area contributed by atoms with Crippen LogP contribution in [0.4, 0.5) is 0 Å². The van der Waals surface area contributed by atoms with E-state index in [1.54, 1.807) is 6.92 Å². The first-order valence-electron chi connectivity index (χ1n) is 10.2. The first kappa shape index (κ1) is 20.4. The molecule has 6 unspecified atom stereocenters. The number of rotatable bonds is 3. The van der Waals surface area contributed by atoms with Gasteiger partial charge in [-0.25, -0.2) is 9.59 Å². The molecule has 158 valence electrons. The van der Waals surface area contributed by atoms with E-state index in [1.165, 1.54) is 0 Å². The van der Waals surface area contributed by atoms with Gasteiger partial charge in [0.2, 0.25) is 0 Å². The number of benzene rings is 1. The van der Waals surface area contributed by atoms with E-state index >= 15 is 0 Å². The maximum Gasteiger partial charge on any atom is 0.334 e. The van der Waals surface area contributed by atoms with Gasteiger partial charge in [-0.15, -0.1) is 0 Å². The summed E-state index contributed by atoms with van der Waals surface area (Å²) in [6.07, 6.45) is 1.91. The van der Waals surface area contributed by atoms with Crippen molar-refractivity contribution < 1.29 is 28.6 Å². The van der Waals surface area contributed by atoms with Gasteiger partial charge < -0.3 is 14.2 Å². The molecule has 0 aromatic heterocycles. The molecule has 1 aromatic rings. The van der Waals surface area contributed by atoms with Crippen LogP contribution in [-0.4, -0.2) is 30.1 Å². The van der Waals surface area contributed by atoms with Crippen molar-refractivity contribution in [3.8, 4) is 0 Å². The third kappa shape index (κ3) is 3.44. The number of hydrogen-bond acceptors (Lipinski definition) is 6. The van der Waals surface area contributed by atoms with E-state index in [0.717, 1.165) is 18.4 Å². The summed E-state index contributed by atoms with van der Waals surface area (Å²) >= 11 is 0. The molecule has 0 radical (unpaired) electrons. The molecule has 2 heterocycles. The van der Waals surface area contributed by atoms with Crippen molar-refractivity contribution in [1.82, 2.24) is 0 Å². The number of esters is 3. The van der Waals surface area contributed by atoms with E-state index in [-0.39, 0.29) is 42.0 Å². The van der Waals surface area contributed by atoms with Crippen molar-refractivity contribution in [2.24, 2.45) is 17.8 Å². The molecule has 0 amide bonds. The number of fused-ring (bicyclic) bond motifs is 1. The van der Waals surface area contributed by atoms with E-state index in [1.807, 2.05) is 37.3 Å². The maximum absolute atomic E-state index is 11.5. The third-order valence-corrected chi connectivity index (χ3v) is 6.55. The van der Waals surface area contributed by atoms with Gasteiger partial charge in [0.05, 0.1) is 5.92 Å². The molecule has 2 aliphatic carbocycles. The zero-order valence-corrected chi connectivity index (χ0v) is 17.3. The fraction of sp³-hybridized carbons (Fsp3) is 0.458. The molecule has 2 aliphatic heterocycles. The van der Waals surface area contributed by atoms with Crippen LogP contribution >= 0.6 is 0 Å². The van der Waals surface area contributed by atoms with Crippen LogP contribution in [0.15, 0.2) is 54.6 Å².